The van der Waals surface area contributed by atoms with Crippen molar-refractivity contribution in [3.63, 3.8) is 0 Å². The van der Waals surface area contributed by atoms with Gasteiger partial charge in [-0.2, -0.15) is 0 Å². The number of hydrogen-bond acceptors (Lipinski definition) is 3. The third-order valence-corrected chi connectivity index (χ3v) is 2.83. The average Bonchev–Trinajstić information content (AvgIpc) is 2.56. The summed E-state index contributed by atoms with van der Waals surface area (Å²) < 4.78 is 0. The van der Waals surface area contributed by atoms with Crippen LogP contribution in [-0.4, -0.2) is 21.4 Å². The first-order valence-electron chi connectivity index (χ1n) is 5.55. The molecule has 0 bridgehead atoms. The average molecular weight is 205 g/mol. The van der Waals surface area contributed by atoms with Gasteiger partial charge in [-0.15, -0.1) is 0 Å². The lowest BCUT2D eigenvalue weighted by molar-refractivity contribution is 0.231. The molecule has 0 aliphatic carbocycles. The van der Waals surface area contributed by atoms with E-state index in [1.165, 1.54) is 17.7 Å². The largest absolute Gasteiger partial charge is 0.293 e. The molecule has 0 radical (unpaired) electrons. The van der Waals surface area contributed by atoms with E-state index in [2.05, 4.69) is 35.6 Å². The molecule has 0 saturated carbocycles. The first kappa shape index (κ1) is 10.6. The monoisotopic (exact) mass is 205 g/mol. The minimum atomic E-state index is 0.417. The van der Waals surface area contributed by atoms with Crippen LogP contribution in [0.4, 0.5) is 0 Å². The predicted octanol–water partition coefficient (Wildman–Crippen LogP) is 2.23. The lowest BCUT2D eigenvalue weighted by atomic mass is 9.92. The lowest BCUT2D eigenvalue weighted by Crippen LogP contribution is -2.22. The first-order chi connectivity index (χ1) is 7.04. The van der Waals surface area contributed by atoms with E-state index in [0.717, 1.165) is 19.6 Å². The quantitative estimate of drug-likeness (QED) is 0.741. The standard InChI is InChI=1S/C12H19N3/c1-12(2,3)4-5-15-7-10-6-13-9-14-11(10)8-15/h6,9H,4-5,7-8H2,1-3H3. The summed E-state index contributed by atoms with van der Waals surface area (Å²) >= 11 is 0. The summed E-state index contributed by atoms with van der Waals surface area (Å²) in [6.07, 6.45) is 4.82. The fourth-order valence-corrected chi connectivity index (χ4v) is 1.82. The van der Waals surface area contributed by atoms with Crippen LogP contribution in [0, 0.1) is 5.41 Å². The molecule has 2 heterocycles. The van der Waals surface area contributed by atoms with E-state index >= 15 is 0 Å². The Bertz CT molecular complexity index is 316. The van der Waals surface area contributed by atoms with Gasteiger partial charge in [0.05, 0.1) is 5.69 Å². The normalized spacial score (nSPS) is 16.7. The van der Waals surface area contributed by atoms with Crippen molar-refractivity contribution in [3.8, 4) is 0 Å². The van der Waals surface area contributed by atoms with Crippen molar-refractivity contribution in [1.29, 1.82) is 0 Å². The third kappa shape index (κ3) is 2.75. The summed E-state index contributed by atoms with van der Waals surface area (Å²) in [5.74, 6) is 0. The molecule has 1 aromatic heterocycles. The second-order valence-corrected chi connectivity index (χ2v) is 5.52. The van der Waals surface area contributed by atoms with Gasteiger partial charge in [-0.3, -0.25) is 4.90 Å². The maximum absolute atomic E-state index is 4.30. The molecule has 0 unspecified atom stereocenters. The smallest absolute Gasteiger partial charge is 0.115 e. The Hall–Kier alpha value is -0.960. The molecule has 3 nitrogen and oxygen atoms in total. The molecule has 0 amide bonds. The van der Waals surface area contributed by atoms with Gasteiger partial charge in [-0.25, -0.2) is 9.97 Å². The van der Waals surface area contributed by atoms with E-state index in [1.807, 2.05) is 6.20 Å². The molecule has 1 aromatic rings. The molecule has 0 aromatic carbocycles. The van der Waals surface area contributed by atoms with E-state index in [9.17, 15) is 0 Å². The van der Waals surface area contributed by atoms with Gasteiger partial charge >= 0.3 is 0 Å². The second kappa shape index (κ2) is 3.89. The van der Waals surface area contributed by atoms with Crippen LogP contribution in [-0.2, 0) is 13.1 Å². The molecule has 82 valence electrons. The van der Waals surface area contributed by atoms with Crippen LogP contribution >= 0.6 is 0 Å². The first-order valence-corrected chi connectivity index (χ1v) is 5.55. The van der Waals surface area contributed by atoms with Gasteiger partial charge in [-0.1, -0.05) is 20.8 Å². The molecule has 0 fully saturated rings. The number of nitrogens with zero attached hydrogens (tertiary/aromatic N) is 3. The molecular weight excluding hydrogens is 186 g/mol. The van der Waals surface area contributed by atoms with Gasteiger partial charge in [-0.05, 0) is 18.4 Å². The summed E-state index contributed by atoms with van der Waals surface area (Å²) in [5, 5.41) is 0. The SMILES string of the molecule is CC(C)(C)CCN1Cc2cncnc2C1. The zero-order valence-electron chi connectivity index (χ0n) is 9.82. The Kier molecular flexibility index (Phi) is 2.74. The van der Waals surface area contributed by atoms with Crippen LogP contribution in [0.3, 0.4) is 0 Å². The summed E-state index contributed by atoms with van der Waals surface area (Å²) in [5.41, 5.74) is 2.92. The van der Waals surface area contributed by atoms with Crippen molar-refractivity contribution in [1.82, 2.24) is 14.9 Å². The van der Waals surface area contributed by atoms with Gasteiger partial charge in [0.15, 0.2) is 0 Å². The fraction of sp³-hybridized carbons (Fsp3) is 0.667. The van der Waals surface area contributed by atoms with Crippen molar-refractivity contribution in [3.05, 3.63) is 23.8 Å². The van der Waals surface area contributed by atoms with Crippen molar-refractivity contribution in [2.45, 2.75) is 40.3 Å². The fourth-order valence-electron chi connectivity index (χ4n) is 1.82. The highest BCUT2D eigenvalue weighted by atomic mass is 15.2. The molecule has 3 heteroatoms. The predicted molar refractivity (Wildman–Crippen MR) is 60.2 cm³/mol. The van der Waals surface area contributed by atoms with E-state index in [4.69, 9.17) is 0 Å². The number of hydrogen-bond donors (Lipinski definition) is 0. The summed E-state index contributed by atoms with van der Waals surface area (Å²) in [6, 6.07) is 0. The lowest BCUT2D eigenvalue weighted by Gasteiger charge is -2.22. The Morgan fingerprint density at radius 1 is 1.33 bits per heavy atom. The van der Waals surface area contributed by atoms with Crippen LogP contribution < -0.4 is 0 Å². The van der Waals surface area contributed by atoms with Crippen molar-refractivity contribution < 1.29 is 0 Å². The molecule has 0 spiro atoms. The zero-order chi connectivity index (χ0) is 10.9. The number of rotatable bonds is 2. The molecular formula is C12H19N3. The molecule has 1 aliphatic heterocycles. The number of aromatic nitrogens is 2. The van der Waals surface area contributed by atoms with E-state index in [0.29, 0.717) is 5.41 Å². The van der Waals surface area contributed by atoms with Gasteiger partial charge in [0.1, 0.15) is 6.33 Å². The highest BCUT2D eigenvalue weighted by Crippen LogP contribution is 2.23. The second-order valence-electron chi connectivity index (χ2n) is 5.52. The Labute approximate surface area is 91.5 Å². The van der Waals surface area contributed by atoms with Gasteiger partial charge in [0, 0.05) is 24.8 Å². The maximum atomic E-state index is 4.30. The molecule has 15 heavy (non-hydrogen) atoms. The Morgan fingerprint density at radius 3 is 2.80 bits per heavy atom. The zero-order valence-corrected chi connectivity index (χ0v) is 9.82. The summed E-state index contributed by atoms with van der Waals surface area (Å²) in [4.78, 5) is 10.8. The molecule has 1 aliphatic rings. The molecule has 2 rings (SSSR count). The summed E-state index contributed by atoms with van der Waals surface area (Å²) in [7, 11) is 0. The highest BCUT2D eigenvalue weighted by Gasteiger charge is 2.21. The van der Waals surface area contributed by atoms with Crippen molar-refractivity contribution in [2.24, 2.45) is 5.41 Å². The Balaban J connectivity index is 1.91. The number of fused-ring (bicyclic) bond motifs is 1. The van der Waals surface area contributed by atoms with Crippen LogP contribution in [0.2, 0.25) is 0 Å². The van der Waals surface area contributed by atoms with Crippen LogP contribution in [0.25, 0.3) is 0 Å². The van der Waals surface area contributed by atoms with Crippen LogP contribution in [0.5, 0.6) is 0 Å². The van der Waals surface area contributed by atoms with Crippen molar-refractivity contribution >= 4 is 0 Å². The maximum Gasteiger partial charge on any atom is 0.115 e. The van der Waals surface area contributed by atoms with E-state index in [1.54, 1.807) is 6.33 Å². The highest BCUT2D eigenvalue weighted by molar-refractivity contribution is 5.19. The van der Waals surface area contributed by atoms with Crippen LogP contribution in [0.15, 0.2) is 12.5 Å². The molecule has 0 N–H and O–H groups in total. The van der Waals surface area contributed by atoms with Gasteiger partial charge in [0.25, 0.3) is 0 Å². The topological polar surface area (TPSA) is 29.0 Å². The summed E-state index contributed by atoms with van der Waals surface area (Å²) in [6.45, 7) is 10.0. The van der Waals surface area contributed by atoms with Crippen LogP contribution in [0.1, 0.15) is 38.4 Å². The van der Waals surface area contributed by atoms with E-state index < -0.39 is 0 Å². The van der Waals surface area contributed by atoms with Gasteiger partial charge < -0.3 is 0 Å². The van der Waals surface area contributed by atoms with Gasteiger partial charge in [0.2, 0.25) is 0 Å². The van der Waals surface area contributed by atoms with Crippen molar-refractivity contribution in [2.75, 3.05) is 6.54 Å². The minimum Gasteiger partial charge on any atom is -0.293 e. The molecule has 0 atom stereocenters. The Morgan fingerprint density at radius 2 is 2.13 bits per heavy atom. The third-order valence-electron chi connectivity index (χ3n) is 2.83. The van der Waals surface area contributed by atoms with E-state index in [-0.39, 0.29) is 0 Å². The molecule has 0 saturated heterocycles. The minimum absolute atomic E-state index is 0.417.